The number of sulfonamides is 1. The van der Waals surface area contributed by atoms with Crippen molar-refractivity contribution >= 4 is 27.1 Å². The van der Waals surface area contributed by atoms with Crippen LogP contribution in [0.2, 0.25) is 0 Å². The van der Waals surface area contributed by atoms with Crippen LogP contribution in [0.3, 0.4) is 0 Å². The van der Waals surface area contributed by atoms with Crippen LogP contribution in [0.25, 0.3) is 0 Å². The summed E-state index contributed by atoms with van der Waals surface area (Å²) in [5.41, 5.74) is 2.12. The number of hydrogen-bond acceptors (Lipinski definition) is 8. The molecule has 0 amide bonds. The zero-order valence-electron chi connectivity index (χ0n) is 10.7. The number of anilines is 2. The summed E-state index contributed by atoms with van der Waals surface area (Å²) in [6.45, 7) is 1.49. The number of rotatable bonds is 5. The lowest BCUT2D eigenvalue weighted by atomic mass is 10.2. The average molecular weight is 313 g/mol. The molecule has 0 radical (unpaired) electrons. The van der Waals surface area contributed by atoms with E-state index in [1.54, 1.807) is 0 Å². The second kappa shape index (κ2) is 5.38. The number of benzene rings is 1. The fourth-order valence-electron chi connectivity index (χ4n) is 1.70. The highest BCUT2D eigenvalue weighted by molar-refractivity contribution is 7.92. The van der Waals surface area contributed by atoms with Crippen molar-refractivity contribution in [3.05, 3.63) is 40.3 Å². The molecule has 21 heavy (non-hydrogen) atoms. The molecule has 0 bridgehead atoms. The van der Waals surface area contributed by atoms with Gasteiger partial charge in [0.05, 0.1) is 16.0 Å². The van der Waals surface area contributed by atoms with E-state index in [9.17, 15) is 18.5 Å². The maximum atomic E-state index is 12.2. The van der Waals surface area contributed by atoms with Crippen LogP contribution in [0, 0.1) is 17.0 Å². The van der Waals surface area contributed by atoms with E-state index >= 15 is 0 Å². The van der Waals surface area contributed by atoms with Crippen molar-refractivity contribution < 1.29 is 17.9 Å². The number of nitrogen functional groups attached to an aromatic ring is 1. The summed E-state index contributed by atoms with van der Waals surface area (Å²) in [5.74, 6) is 5.19. The maximum Gasteiger partial charge on any atom is 0.295 e. The van der Waals surface area contributed by atoms with Crippen LogP contribution in [0.5, 0.6) is 0 Å². The minimum absolute atomic E-state index is 0.0152. The standard InChI is InChI=1S/C10H11N5O5S/c1-6-2-8(13-11)9(15(16)17)3-10(6)21(18,19)14-7-4-12-20-5-7/h2-5,13-14H,11H2,1H3. The zero-order valence-corrected chi connectivity index (χ0v) is 11.5. The quantitative estimate of drug-likeness (QED) is 0.419. The first-order valence-corrected chi connectivity index (χ1v) is 7.01. The molecular weight excluding hydrogens is 302 g/mol. The SMILES string of the molecule is Cc1cc(NN)c([N+](=O)[O-])cc1S(=O)(=O)Nc1cnoc1. The Morgan fingerprint density at radius 1 is 1.43 bits per heavy atom. The second-order valence-corrected chi connectivity index (χ2v) is 5.71. The number of nitrogens with one attached hydrogen (secondary N) is 2. The molecule has 0 aliphatic rings. The van der Waals surface area contributed by atoms with Gasteiger partial charge in [-0.3, -0.25) is 20.7 Å². The van der Waals surface area contributed by atoms with Gasteiger partial charge in [-0.15, -0.1) is 0 Å². The summed E-state index contributed by atoms with van der Waals surface area (Å²) in [7, 11) is -4.02. The first-order valence-electron chi connectivity index (χ1n) is 5.53. The third-order valence-corrected chi connectivity index (χ3v) is 4.14. The van der Waals surface area contributed by atoms with Gasteiger partial charge in [-0.05, 0) is 18.6 Å². The number of nitrogens with zero attached hydrogens (tertiary/aromatic N) is 2. The molecule has 1 aromatic carbocycles. The van der Waals surface area contributed by atoms with Crippen molar-refractivity contribution in [2.75, 3.05) is 10.1 Å². The number of nitro benzene ring substituents is 1. The number of hydrogen-bond donors (Lipinski definition) is 3. The predicted molar refractivity (Wildman–Crippen MR) is 73.0 cm³/mol. The molecule has 0 unspecified atom stereocenters. The van der Waals surface area contributed by atoms with Crippen LogP contribution in [0.15, 0.2) is 34.0 Å². The molecule has 0 saturated carbocycles. The topological polar surface area (TPSA) is 153 Å². The number of nitro groups is 1. The van der Waals surface area contributed by atoms with E-state index in [0.717, 1.165) is 18.5 Å². The molecule has 1 heterocycles. The summed E-state index contributed by atoms with van der Waals surface area (Å²) < 4.78 is 31.2. The van der Waals surface area contributed by atoms with E-state index in [0.29, 0.717) is 0 Å². The van der Waals surface area contributed by atoms with Gasteiger partial charge in [-0.2, -0.15) is 0 Å². The minimum Gasteiger partial charge on any atom is -0.362 e. The zero-order chi connectivity index (χ0) is 15.6. The lowest BCUT2D eigenvalue weighted by molar-refractivity contribution is -0.384. The predicted octanol–water partition coefficient (Wildman–Crippen LogP) is 0.978. The fourth-order valence-corrected chi connectivity index (χ4v) is 2.97. The minimum atomic E-state index is -4.02. The smallest absolute Gasteiger partial charge is 0.295 e. The highest BCUT2D eigenvalue weighted by Gasteiger charge is 2.24. The molecule has 4 N–H and O–H groups in total. The Labute approximate surface area is 119 Å². The first kappa shape index (κ1) is 14.7. The summed E-state index contributed by atoms with van der Waals surface area (Å²) in [6, 6.07) is 2.21. The van der Waals surface area contributed by atoms with Gasteiger partial charge in [-0.25, -0.2) is 8.42 Å². The summed E-state index contributed by atoms with van der Waals surface area (Å²) in [6.07, 6.45) is 2.26. The molecule has 0 spiro atoms. The third-order valence-electron chi connectivity index (χ3n) is 2.62. The molecule has 0 aliphatic carbocycles. The maximum absolute atomic E-state index is 12.2. The van der Waals surface area contributed by atoms with E-state index in [1.807, 2.05) is 0 Å². The first-order chi connectivity index (χ1) is 9.85. The number of nitrogens with two attached hydrogens (primary N) is 1. The van der Waals surface area contributed by atoms with E-state index in [-0.39, 0.29) is 21.8 Å². The highest BCUT2D eigenvalue weighted by atomic mass is 32.2. The van der Waals surface area contributed by atoms with Crippen LogP contribution in [-0.2, 0) is 10.0 Å². The van der Waals surface area contributed by atoms with E-state index in [2.05, 4.69) is 19.8 Å². The van der Waals surface area contributed by atoms with Gasteiger partial charge in [-0.1, -0.05) is 5.16 Å². The van der Waals surface area contributed by atoms with Crippen LogP contribution in [0.4, 0.5) is 17.1 Å². The molecule has 0 fully saturated rings. The number of aryl methyl sites for hydroxylation is 1. The van der Waals surface area contributed by atoms with Crippen LogP contribution in [0.1, 0.15) is 5.56 Å². The Balaban J connectivity index is 2.52. The molecule has 0 aliphatic heterocycles. The van der Waals surface area contributed by atoms with Gasteiger partial charge in [0.15, 0.2) is 0 Å². The van der Waals surface area contributed by atoms with Gasteiger partial charge < -0.3 is 9.95 Å². The van der Waals surface area contributed by atoms with Gasteiger partial charge >= 0.3 is 0 Å². The molecule has 0 saturated heterocycles. The van der Waals surface area contributed by atoms with Crippen LogP contribution < -0.4 is 16.0 Å². The lowest BCUT2D eigenvalue weighted by Gasteiger charge is -2.10. The summed E-state index contributed by atoms with van der Waals surface area (Å²) >= 11 is 0. The molecule has 0 atom stereocenters. The monoisotopic (exact) mass is 313 g/mol. The Kier molecular flexibility index (Phi) is 3.78. The normalized spacial score (nSPS) is 11.1. The highest BCUT2D eigenvalue weighted by Crippen LogP contribution is 2.30. The Bertz CT molecular complexity index is 771. The second-order valence-electron chi connectivity index (χ2n) is 4.05. The molecule has 11 heteroatoms. The van der Waals surface area contributed by atoms with Crippen molar-refractivity contribution in [3.63, 3.8) is 0 Å². The van der Waals surface area contributed by atoms with Crippen molar-refractivity contribution in [1.82, 2.24) is 5.16 Å². The third kappa shape index (κ3) is 2.93. The number of aromatic nitrogens is 1. The Morgan fingerprint density at radius 3 is 2.67 bits per heavy atom. The van der Waals surface area contributed by atoms with Crippen molar-refractivity contribution in [2.24, 2.45) is 5.84 Å². The van der Waals surface area contributed by atoms with Gasteiger partial charge in [0.25, 0.3) is 15.7 Å². The number of hydrazine groups is 1. The van der Waals surface area contributed by atoms with Crippen LogP contribution >= 0.6 is 0 Å². The van der Waals surface area contributed by atoms with Gasteiger partial charge in [0.2, 0.25) is 0 Å². The summed E-state index contributed by atoms with van der Waals surface area (Å²) in [5, 5.41) is 14.3. The van der Waals surface area contributed by atoms with E-state index in [4.69, 9.17) is 5.84 Å². The van der Waals surface area contributed by atoms with Gasteiger partial charge in [0, 0.05) is 6.07 Å². The lowest BCUT2D eigenvalue weighted by Crippen LogP contribution is -2.16. The van der Waals surface area contributed by atoms with Crippen molar-refractivity contribution in [2.45, 2.75) is 11.8 Å². The Hall–Kier alpha value is -2.66. The molecule has 1 aromatic heterocycles. The van der Waals surface area contributed by atoms with E-state index in [1.165, 1.54) is 13.0 Å². The summed E-state index contributed by atoms with van der Waals surface area (Å²) in [4.78, 5) is 9.99. The van der Waals surface area contributed by atoms with Crippen molar-refractivity contribution in [1.29, 1.82) is 0 Å². The van der Waals surface area contributed by atoms with E-state index < -0.39 is 20.6 Å². The average Bonchev–Trinajstić information content (AvgIpc) is 2.89. The Morgan fingerprint density at radius 2 is 2.14 bits per heavy atom. The molecule has 2 aromatic rings. The largest absolute Gasteiger partial charge is 0.362 e. The van der Waals surface area contributed by atoms with Crippen molar-refractivity contribution in [3.8, 4) is 0 Å². The fraction of sp³-hybridized carbons (Fsp3) is 0.100. The van der Waals surface area contributed by atoms with Gasteiger partial charge in [0.1, 0.15) is 17.6 Å². The van der Waals surface area contributed by atoms with Crippen LogP contribution in [-0.4, -0.2) is 18.5 Å². The molecular formula is C10H11N5O5S. The molecule has 10 nitrogen and oxygen atoms in total. The molecule has 2 rings (SSSR count). The molecule has 112 valence electrons.